The van der Waals surface area contributed by atoms with Crippen molar-refractivity contribution in [2.45, 2.75) is 16.3 Å². The summed E-state index contributed by atoms with van der Waals surface area (Å²) in [7, 11) is 0. The summed E-state index contributed by atoms with van der Waals surface area (Å²) in [6.07, 6.45) is 2.22. The molecule has 4 rings (SSSR count). The SMILES string of the molecule is N#Cc1cnc(Cc2ccc(N3CCOCC3)cc2)nc1Sc1ccc(N)cc1. The number of morpholine rings is 1. The Kier molecular flexibility index (Phi) is 5.94. The summed E-state index contributed by atoms with van der Waals surface area (Å²) in [6.45, 7) is 3.39. The van der Waals surface area contributed by atoms with E-state index in [1.165, 1.54) is 17.4 Å². The van der Waals surface area contributed by atoms with Gasteiger partial charge in [-0.25, -0.2) is 9.97 Å². The average Bonchev–Trinajstić information content (AvgIpc) is 2.77. The van der Waals surface area contributed by atoms with Gasteiger partial charge in [0, 0.05) is 42.0 Å². The molecule has 1 aliphatic rings. The fraction of sp³-hybridized carbons (Fsp3) is 0.227. The minimum atomic E-state index is 0.471. The van der Waals surface area contributed by atoms with Gasteiger partial charge in [-0.3, -0.25) is 0 Å². The van der Waals surface area contributed by atoms with Gasteiger partial charge in [0.05, 0.1) is 13.2 Å². The standard InChI is InChI=1S/C22H21N5OS/c23-14-17-15-25-21(26-22(17)29-20-7-3-18(24)4-8-20)13-16-1-5-19(6-2-16)27-9-11-28-12-10-27/h1-8,15H,9-13,24H2. The van der Waals surface area contributed by atoms with Crippen LogP contribution in [0.15, 0.2) is 64.6 Å². The summed E-state index contributed by atoms with van der Waals surface area (Å²) in [5, 5.41) is 10.1. The lowest BCUT2D eigenvalue weighted by molar-refractivity contribution is 0.122. The Morgan fingerprint density at radius 3 is 2.48 bits per heavy atom. The van der Waals surface area contributed by atoms with Crippen LogP contribution in [0.5, 0.6) is 0 Å². The highest BCUT2D eigenvalue weighted by Gasteiger charge is 2.12. The Hall–Kier alpha value is -3.08. The molecule has 0 aliphatic carbocycles. The first kappa shape index (κ1) is 19.2. The van der Waals surface area contributed by atoms with Gasteiger partial charge in [0.25, 0.3) is 0 Å². The zero-order chi connectivity index (χ0) is 20.1. The number of nitrogens with two attached hydrogens (primary N) is 1. The van der Waals surface area contributed by atoms with Gasteiger partial charge in [-0.2, -0.15) is 5.26 Å². The quantitative estimate of drug-likeness (QED) is 0.515. The van der Waals surface area contributed by atoms with Crippen molar-refractivity contribution in [2.24, 2.45) is 0 Å². The fourth-order valence-corrected chi connectivity index (χ4v) is 3.97. The van der Waals surface area contributed by atoms with E-state index in [0.29, 0.717) is 28.5 Å². The third kappa shape index (κ3) is 4.86. The average molecular weight is 404 g/mol. The van der Waals surface area contributed by atoms with E-state index < -0.39 is 0 Å². The van der Waals surface area contributed by atoms with Gasteiger partial charge in [0.15, 0.2) is 0 Å². The van der Waals surface area contributed by atoms with Gasteiger partial charge in [-0.15, -0.1) is 0 Å². The van der Waals surface area contributed by atoms with E-state index in [1.807, 2.05) is 24.3 Å². The Morgan fingerprint density at radius 2 is 1.79 bits per heavy atom. The monoisotopic (exact) mass is 403 g/mol. The second-order valence-corrected chi connectivity index (χ2v) is 7.79. The van der Waals surface area contributed by atoms with Crippen molar-refractivity contribution in [3.8, 4) is 6.07 Å². The van der Waals surface area contributed by atoms with E-state index in [9.17, 15) is 5.26 Å². The highest BCUT2D eigenvalue weighted by atomic mass is 32.2. The summed E-state index contributed by atoms with van der Waals surface area (Å²) in [6, 6.07) is 18.2. The molecule has 0 atom stereocenters. The van der Waals surface area contributed by atoms with E-state index >= 15 is 0 Å². The van der Waals surface area contributed by atoms with E-state index in [4.69, 9.17) is 10.5 Å². The number of nitriles is 1. The summed E-state index contributed by atoms with van der Waals surface area (Å²) >= 11 is 1.45. The number of anilines is 2. The second-order valence-electron chi connectivity index (χ2n) is 6.73. The Bertz CT molecular complexity index is 1010. The second kappa shape index (κ2) is 8.95. The number of hydrogen-bond donors (Lipinski definition) is 1. The zero-order valence-corrected chi connectivity index (χ0v) is 16.7. The van der Waals surface area contributed by atoms with Crippen molar-refractivity contribution in [1.29, 1.82) is 5.26 Å². The van der Waals surface area contributed by atoms with Crippen LogP contribution < -0.4 is 10.6 Å². The molecule has 2 N–H and O–H groups in total. The number of nitrogen functional groups attached to an aromatic ring is 1. The molecule has 0 spiro atoms. The third-order valence-corrected chi connectivity index (χ3v) is 5.71. The number of hydrogen-bond acceptors (Lipinski definition) is 7. The summed E-state index contributed by atoms with van der Waals surface area (Å²) < 4.78 is 5.41. The van der Waals surface area contributed by atoms with Crippen molar-refractivity contribution >= 4 is 23.1 Å². The van der Waals surface area contributed by atoms with Crippen LogP contribution in [0.25, 0.3) is 0 Å². The Balaban J connectivity index is 1.49. The number of rotatable bonds is 5. The minimum absolute atomic E-state index is 0.471. The number of aromatic nitrogens is 2. The van der Waals surface area contributed by atoms with Crippen molar-refractivity contribution in [2.75, 3.05) is 36.9 Å². The predicted octanol–water partition coefficient (Wildman–Crippen LogP) is 3.51. The van der Waals surface area contributed by atoms with Crippen molar-refractivity contribution in [3.05, 3.63) is 71.7 Å². The van der Waals surface area contributed by atoms with E-state index in [2.05, 4.69) is 45.2 Å². The van der Waals surface area contributed by atoms with Crippen LogP contribution in [0.4, 0.5) is 11.4 Å². The lowest BCUT2D eigenvalue weighted by atomic mass is 10.1. The van der Waals surface area contributed by atoms with Crippen LogP contribution in [0.1, 0.15) is 17.0 Å². The molecule has 1 aliphatic heterocycles. The van der Waals surface area contributed by atoms with Crippen LogP contribution >= 0.6 is 11.8 Å². The molecule has 0 amide bonds. The molecule has 3 aromatic rings. The Labute approximate surface area is 174 Å². The van der Waals surface area contributed by atoms with Crippen LogP contribution in [-0.2, 0) is 11.2 Å². The van der Waals surface area contributed by atoms with Crippen LogP contribution in [0.3, 0.4) is 0 Å². The molecule has 146 valence electrons. The topological polar surface area (TPSA) is 88.1 Å². The van der Waals surface area contributed by atoms with Crippen LogP contribution in [-0.4, -0.2) is 36.3 Å². The van der Waals surface area contributed by atoms with Gasteiger partial charge in [-0.1, -0.05) is 23.9 Å². The zero-order valence-electron chi connectivity index (χ0n) is 15.9. The third-order valence-electron chi connectivity index (χ3n) is 4.69. The number of benzene rings is 2. The van der Waals surface area contributed by atoms with Crippen LogP contribution in [0, 0.1) is 11.3 Å². The molecule has 1 fully saturated rings. The lowest BCUT2D eigenvalue weighted by Gasteiger charge is -2.28. The Morgan fingerprint density at radius 1 is 1.07 bits per heavy atom. The highest BCUT2D eigenvalue weighted by Crippen LogP contribution is 2.29. The first-order valence-electron chi connectivity index (χ1n) is 9.42. The maximum Gasteiger partial charge on any atom is 0.134 e. The van der Waals surface area contributed by atoms with E-state index in [-0.39, 0.29) is 0 Å². The maximum absolute atomic E-state index is 9.40. The molecule has 0 bridgehead atoms. The molecular weight excluding hydrogens is 382 g/mol. The van der Waals surface area contributed by atoms with Crippen molar-refractivity contribution in [3.63, 3.8) is 0 Å². The van der Waals surface area contributed by atoms with Gasteiger partial charge in [-0.05, 0) is 42.0 Å². The molecule has 2 heterocycles. The van der Waals surface area contributed by atoms with Gasteiger partial charge >= 0.3 is 0 Å². The molecule has 0 unspecified atom stereocenters. The smallest absolute Gasteiger partial charge is 0.134 e. The molecule has 0 saturated carbocycles. The van der Waals surface area contributed by atoms with Crippen molar-refractivity contribution < 1.29 is 4.74 Å². The van der Waals surface area contributed by atoms with Crippen molar-refractivity contribution in [1.82, 2.24) is 9.97 Å². The first-order valence-corrected chi connectivity index (χ1v) is 10.2. The van der Waals surface area contributed by atoms with E-state index in [1.54, 1.807) is 6.20 Å². The normalized spacial score (nSPS) is 13.8. The molecule has 0 radical (unpaired) electrons. The van der Waals surface area contributed by atoms with Gasteiger partial charge in [0.2, 0.25) is 0 Å². The summed E-state index contributed by atoms with van der Waals surface area (Å²) in [4.78, 5) is 12.3. The fourth-order valence-electron chi connectivity index (χ4n) is 3.12. The molecule has 29 heavy (non-hydrogen) atoms. The molecule has 1 aromatic heterocycles. The number of ether oxygens (including phenoxy) is 1. The summed E-state index contributed by atoms with van der Waals surface area (Å²) in [5.74, 6) is 0.695. The molecule has 2 aromatic carbocycles. The largest absolute Gasteiger partial charge is 0.399 e. The first-order chi connectivity index (χ1) is 14.2. The summed E-state index contributed by atoms with van der Waals surface area (Å²) in [5.41, 5.74) is 9.27. The van der Waals surface area contributed by atoms with Crippen LogP contribution in [0.2, 0.25) is 0 Å². The maximum atomic E-state index is 9.40. The highest BCUT2D eigenvalue weighted by molar-refractivity contribution is 7.99. The molecule has 1 saturated heterocycles. The predicted molar refractivity (Wildman–Crippen MR) is 114 cm³/mol. The molecule has 6 nitrogen and oxygen atoms in total. The van der Waals surface area contributed by atoms with Gasteiger partial charge in [0.1, 0.15) is 22.5 Å². The lowest BCUT2D eigenvalue weighted by Crippen LogP contribution is -2.36. The molecule has 7 heteroatoms. The minimum Gasteiger partial charge on any atom is -0.399 e. The van der Waals surface area contributed by atoms with Gasteiger partial charge < -0.3 is 15.4 Å². The van der Waals surface area contributed by atoms with E-state index in [0.717, 1.165) is 36.8 Å². The number of nitrogens with zero attached hydrogens (tertiary/aromatic N) is 4. The molecular formula is C22H21N5OS.